The SMILES string of the molecule is c1ccc2sc(Oc3ccc(CCN(CC4CC4)C4CC4)cc3)nc2c1. The Kier molecular flexibility index (Phi) is 4.39. The number of para-hydroxylation sites is 1. The lowest BCUT2D eigenvalue weighted by atomic mass is 10.1. The van der Waals surface area contributed by atoms with Crippen LogP contribution < -0.4 is 4.74 Å². The molecule has 2 fully saturated rings. The summed E-state index contributed by atoms with van der Waals surface area (Å²) >= 11 is 1.59. The summed E-state index contributed by atoms with van der Waals surface area (Å²) in [6.45, 7) is 2.52. The molecule has 1 aromatic heterocycles. The number of nitrogens with zero attached hydrogens (tertiary/aromatic N) is 2. The van der Waals surface area contributed by atoms with Gasteiger partial charge in [-0.2, -0.15) is 0 Å². The van der Waals surface area contributed by atoms with Gasteiger partial charge in [-0.1, -0.05) is 35.6 Å². The van der Waals surface area contributed by atoms with Gasteiger partial charge in [0, 0.05) is 19.1 Å². The van der Waals surface area contributed by atoms with Crippen molar-refractivity contribution in [2.24, 2.45) is 5.92 Å². The van der Waals surface area contributed by atoms with Crippen molar-refractivity contribution < 1.29 is 4.74 Å². The van der Waals surface area contributed by atoms with E-state index in [4.69, 9.17) is 4.74 Å². The van der Waals surface area contributed by atoms with Crippen molar-refractivity contribution in [3.63, 3.8) is 0 Å². The minimum atomic E-state index is 0.711. The van der Waals surface area contributed by atoms with Crippen molar-refractivity contribution in [2.45, 2.75) is 38.1 Å². The topological polar surface area (TPSA) is 25.4 Å². The molecule has 2 aromatic carbocycles. The largest absolute Gasteiger partial charge is 0.431 e. The molecule has 0 saturated heterocycles. The Morgan fingerprint density at radius 1 is 1.00 bits per heavy atom. The van der Waals surface area contributed by atoms with Gasteiger partial charge in [-0.15, -0.1) is 0 Å². The third-order valence-electron chi connectivity index (χ3n) is 5.34. The predicted molar refractivity (Wildman–Crippen MR) is 107 cm³/mol. The van der Waals surface area contributed by atoms with Crippen LogP contribution in [0.15, 0.2) is 48.5 Å². The van der Waals surface area contributed by atoms with Gasteiger partial charge in [-0.3, -0.25) is 4.90 Å². The van der Waals surface area contributed by atoms with Crippen LogP contribution in [0.2, 0.25) is 0 Å². The van der Waals surface area contributed by atoms with E-state index < -0.39 is 0 Å². The first-order chi connectivity index (χ1) is 12.8. The summed E-state index contributed by atoms with van der Waals surface area (Å²) < 4.78 is 7.11. The molecule has 2 saturated carbocycles. The molecule has 2 aliphatic rings. The number of aromatic nitrogens is 1. The lowest BCUT2D eigenvalue weighted by molar-refractivity contribution is 0.256. The molecule has 0 amide bonds. The van der Waals surface area contributed by atoms with Crippen LogP contribution in [0, 0.1) is 5.92 Å². The smallest absolute Gasteiger partial charge is 0.279 e. The monoisotopic (exact) mass is 364 g/mol. The maximum absolute atomic E-state index is 5.95. The van der Waals surface area contributed by atoms with Crippen molar-refractivity contribution in [2.75, 3.05) is 13.1 Å². The van der Waals surface area contributed by atoms with Crippen molar-refractivity contribution in [1.29, 1.82) is 0 Å². The maximum atomic E-state index is 5.95. The minimum Gasteiger partial charge on any atom is -0.431 e. The highest BCUT2D eigenvalue weighted by Crippen LogP contribution is 2.35. The van der Waals surface area contributed by atoms with Gasteiger partial charge in [0.1, 0.15) is 5.75 Å². The number of thiazole rings is 1. The summed E-state index contributed by atoms with van der Waals surface area (Å²) in [5, 5.41) is 0.711. The molecule has 134 valence electrons. The van der Waals surface area contributed by atoms with E-state index in [1.54, 1.807) is 11.3 Å². The van der Waals surface area contributed by atoms with Crippen LogP contribution in [-0.2, 0) is 6.42 Å². The molecule has 0 aliphatic heterocycles. The van der Waals surface area contributed by atoms with E-state index in [1.165, 1.54) is 44.3 Å². The van der Waals surface area contributed by atoms with E-state index in [-0.39, 0.29) is 0 Å². The summed E-state index contributed by atoms with van der Waals surface area (Å²) in [4.78, 5) is 7.26. The molecule has 4 heteroatoms. The van der Waals surface area contributed by atoms with Crippen LogP contribution in [0.4, 0.5) is 0 Å². The molecule has 1 heterocycles. The summed E-state index contributed by atoms with van der Waals surface area (Å²) in [5.41, 5.74) is 2.39. The van der Waals surface area contributed by atoms with Gasteiger partial charge in [0.2, 0.25) is 0 Å². The van der Waals surface area contributed by atoms with Gasteiger partial charge in [0.15, 0.2) is 0 Å². The van der Waals surface area contributed by atoms with Crippen molar-refractivity contribution in [3.8, 4) is 10.9 Å². The summed E-state index contributed by atoms with van der Waals surface area (Å²) in [5.74, 6) is 1.85. The first-order valence-corrected chi connectivity index (χ1v) is 10.5. The Morgan fingerprint density at radius 2 is 1.81 bits per heavy atom. The van der Waals surface area contributed by atoms with Crippen LogP contribution in [-0.4, -0.2) is 29.0 Å². The molecule has 3 aromatic rings. The number of rotatable bonds is 8. The Hall–Kier alpha value is -1.91. The number of benzene rings is 2. The third kappa shape index (κ3) is 3.92. The lowest BCUT2D eigenvalue weighted by Crippen LogP contribution is -2.30. The second-order valence-electron chi connectivity index (χ2n) is 7.61. The van der Waals surface area contributed by atoms with E-state index in [9.17, 15) is 0 Å². The number of fused-ring (bicyclic) bond motifs is 1. The zero-order valence-electron chi connectivity index (χ0n) is 14.9. The molecule has 0 spiro atoms. The standard InChI is InChI=1S/C22H24N2OS/c1-2-4-21-20(3-1)23-22(26-21)25-19-11-7-16(8-12-19)13-14-24(18-9-10-18)15-17-5-6-17/h1-4,7-8,11-12,17-18H,5-6,9-10,13-15H2. The van der Waals surface area contributed by atoms with Crippen LogP contribution in [0.1, 0.15) is 31.2 Å². The fourth-order valence-electron chi connectivity index (χ4n) is 3.49. The van der Waals surface area contributed by atoms with E-state index in [1.807, 2.05) is 18.2 Å². The van der Waals surface area contributed by atoms with Gasteiger partial charge < -0.3 is 4.74 Å². The minimum absolute atomic E-state index is 0.711. The Bertz CT molecular complexity index is 848. The number of hydrogen-bond donors (Lipinski definition) is 0. The van der Waals surface area contributed by atoms with Gasteiger partial charge in [-0.25, -0.2) is 4.98 Å². The molecule has 0 radical (unpaired) electrons. The molecule has 0 N–H and O–H groups in total. The van der Waals surface area contributed by atoms with Crippen LogP contribution in [0.3, 0.4) is 0 Å². The van der Waals surface area contributed by atoms with E-state index in [2.05, 4.69) is 40.2 Å². The second kappa shape index (κ2) is 7.01. The first kappa shape index (κ1) is 16.3. The fraction of sp³-hybridized carbons (Fsp3) is 0.409. The fourth-order valence-corrected chi connectivity index (χ4v) is 4.32. The van der Waals surface area contributed by atoms with Crippen molar-refractivity contribution in [1.82, 2.24) is 9.88 Å². The highest BCUT2D eigenvalue weighted by atomic mass is 32.1. The molecule has 0 bridgehead atoms. The quantitative estimate of drug-likeness (QED) is 0.527. The molecular formula is C22H24N2OS. The van der Waals surface area contributed by atoms with Crippen molar-refractivity contribution in [3.05, 3.63) is 54.1 Å². The zero-order valence-corrected chi connectivity index (χ0v) is 15.8. The van der Waals surface area contributed by atoms with Gasteiger partial charge in [0.25, 0.3) is 5.19 Å². The van der Waals surface area contributed by atoms with E-state index in [0.29, 0.717) is 5.19 Å². The highest BCUT2D eigenvalue weighted by Gasteiger charge is 2.33. The highest BCUT2D eigenvalue weighted by molar-refractivity contribution is 7.20. The van der Waals surface area contributed by atoms with Crippen LogP contribution in [0.5, 0.6) is 10.9 Å². The Balaban J connectivity index is 1.19. The van der Waals surface area contributed by atoms with Crippen LogP contribution >= 0.6 is 11.3 Å². The van der Waals surface area contributed by atoms with Crippen LogP contribution in [0.25, 0.3) is 10.2 Å². The average Bonchev–Trinajstić information content (AvgIpc) is 3.57. The molecule has 2 aliphatic carbocycles. The van der Waals surface area contributed by atoms with Gasteiger partial charge in [-0.05, 0) is 67.9 Å². The molecule has 5 rings (SSSR count). The van der Waals surface area contributed by atoms with Crippen molar-refractivity contribution >= 4 is 21.6 Å². The first-order valence-electron chi connectivity index (χ1n) is 9.70. The molecular weight excluding hydrogens is 340 g/mol. The van der Waals surface area contributed by atoms with Gasteiger partial charge in [0.05, 0.1) is 10.2 Å². The Morgan fingerprint density at radius 3 is 2.54 bits per heavy atom. The maximum Gasteiger partial charge on any atom is 0.279 e. The predicted octanol–water partition coefficient (Wildman–Crippen LogP) is 5.51. The average molecular weight is 365 g/mol. The summed E-state index contributed by atoms with van der Waals surface area (Å²) in [7, 11) is 0. The third-order valence-corrected chi connectivity index (χ3v) is 6.26. The molecule has 3 nitrogen and oxygen atoms in total. The lowest BCUT2D eigenvalue weighted by Gasteiger charge is -2.21. The number of ether oxygens (including phenoxy) is 1. The Labute approximate surface area is 158 Å². The number of hydrogen-bond acceptors (Lipinski definition) is 4. The van der Waals surface area contributed by atoms with E-state index >= 15 is 0 Å². The van der Waals surface area contributed by atoms with Gasteiger partial charge >= 0.3 is 0 Å². The normalized spacial score (nSPS) is 17.1. The second-order valence-corrected chi connectivity index (χ2v) is 8.61. The zero-order chi connectivity index (χ0) is 17.3. The summed E-state index contributed by atoms with van der Waals surface area (Å²) in [6, 6.07) is 17.6. The molecule has 0 atom stereocenters. The molecule has 0 unspecified atom stereocenters. The summed E-state index contributed by atoms with van der Waals surface area (Å²) in [6.07, 6.45) is 6.83. The molecule has 26 heavy (non-hydrogen) atoms. The van der Waals surface area contributed by atoms with E-state index in [0.717, 1.165) is 34.3 Å².